The average Bonchev–Trinajstić information content (AvgIpc) is 2.93. The number of rotatable bonds is 7. The van der Waals surface area contributed by atoms with Crippen LogP contribution in [0.15, 0.2) is 18.2 Å². The highest BCUT2D eigenvalue weighted by molar-refractivity contribution is 7.22. The fourth-order valence-electron chi connectivity index (χ4n) is 2.58. The van der Waals surface area contributed by atoms with E-state index in [4.69, 9.17) is 9.47 Å². The van der Waals surface area contributed by atoms with Gasteiger partial charge < -0.3 is 19.7 Å². The maximum Gasteiger partial charge on any atom is 0.226 e. The van der Waals surface area contributed by atoms with E-state index < -0.39 is 0 Å². The molecule has 0 bridgehead atoms. The number of nitrogens with one attached hydrogen (secondary N) is 1. The molecule has 0 spiro atoms. The second-order valence-corrected chi connectivity index (χ2v) is 6.55. The molecule has 23 heavy (non-hydrogen) atoms. The van der Waals surface area contributed by atoms with Crippen molar-refractivity contribution in [2.24, 2.45) is 5.92 Å². The van der Waals surface area contributed by atoms with Crippen molar-refractivity contribution >= 4 is 32.6 Å². The lowest BCUT2D eigenvalue weighted by molar-refractivity contribution is -0.125. The third-order valence-electron chi connectivity index (χ3n) is 3.94. The molecule has 0 atom stereocenters. The standard InChI is InChI=1S/C16H21N3O3S/c1-21-8-4-7-17-15(20)11-9-19(10-11)16-18-14-12(22-2)5-3-6-13(14)23-16/h3,5-6,11H,4,7-10H2,1-2H3,(H,17,20). The van der Waals surface area contributed by atoms with Crippen LogP contribution in [0.5, 0.6) is 5.75 Å². The maximum absolute atomic E-state index is 12.0. The van der Waals surface area contributed by atoms with Gasteiger partial charge in [-0.2, -0.15) is 0 Å². The van der Waals surface area contributed by atoms with Crippen LogP contribution in [0.1, 0.15) is 6.42 Å². The summed E-state index contributed by atoms with van der Waals surface area (Å²) in [4.78, 5) is 18.8. The maximum atomic E-state index is 12.0. The molecule has 2 heterocycles. The van der Waals surface area contributed by atoms with Crippen LogP contribution in [0.25, 0.3) is 10.2 Å². The molecule has 1 aliphatic rings. The number of aromatic nitrogens is 1. The Hall–Kier alpha value is -1.86. The van der Waals surface area contributed by atoms with E-state index in [0.717, 1.165) is 40.6 Å². The largest absolute Gasteiger partial charge is 0.494 e. The number of hydrogen-bond donors (Lipinski definition) is 1. The number of para-hydroxylation sites is 1. The highest BCUT2D eigenvalue weighted by Gasteiger charge is 2.34. The van der Waals surface area contributed by atoms with Crippen LogP contribution in [0.3, 0.4) is 0 Å². The van der Waals surface area contributed by atoms with Gasteiger partial charge in [-0.05, 0) is 18.6 Å². The van der Waals surface area contributed by atoms with Crippen LogP contribution in [0.2, 0.25) is 0 Å². The SMILES string of the molecule is COCCCNC(=O)C1CN(c2nc3c(OC)cccc3s2)C1. The highest BCUT2D eigenvalue weighted by atomic mass is 32.1. The van der Waals surface area contributed by atoms with Crippen LogP contribution in [-0.2, 0) is 9.53 Å². The molecule has 0 unspecified atom stereocenters. The molecule has 3 rings (SSSR count). The lowest BCUT2D eigenvalue weighted by Crippen LogP contribution is -2.53. The number of carbonyl (C=O) groups excluding carboxylic acids is 1. The van der Waals surface area contributed by atoms with Gasteiger partial charge in [-0.15, -0.1) is 0 Å². The van der Waals surface area contributed by atoms with Crippen molar-refractivity contribution in [1.82, 2.24) is 10.3 Å². The van der Waals surface area contributed by atoms with Gasteiger partial charge in [0, 0.05) is 33.4 Å². The molecule has 1 aromatic heterocycles. The van der Waals surface area contributed by atoms with E-state index in [9.17, 15) is 4.79 Å². The average molecular weight is 335 g/mol. The van der Waals surface area contributed by atoms with Crippen molar-refractivity contribution in [3.63, 3.8) is 0 Å². The molecular formula is C16H21N3O3S. The molecule has 1 aliphatic heterocycles. The van der Waals surface area contributed by atoms with Crippen molar-refractivity contribution < 1.29 is 14.3 Å². The molecule has 2 aromatic rings. The Morgan fingerprint density at radius 1 is 1.43 bits per heavy atom. The molecular weight excluding hydrogens is 314 g/mol. The predicted molar refractivity (Wildman–Crippen MR) is 91.4 cm³/mol. The zero-order valence-electron chi connectivity index (χ0n) is 13.4. The number of thiazole rings is 1. The van der Waals surface area contributed by atoms with Gasteiger partial charge in [0.2, 0.25) is 5.91 Å². The van der Waals surface area contributed by atoms with Crippen LogP contribution in [0, 0.1) is 5.92 Å². The van der Waals surface area contributed by atoms with Crippen molar-refractivity contribution in [3.8, 4) is 5.75 Å². The predicted octanol–water partition coefficient (Wildman–Crippen LogP) is 1.89. The molecule has 1 N–H and O–H groups in total. The van der Waals surface area contributed by atoms with E-state index in [0.29, 0.717) is 13.2 Å². The van der Waals surface area contributed by atoms with Crippen molar-refractivity contribution in [1.29, 1.82) is 0 Å². The quantitative estimate of drug-likeness (QED) is 0.783. The summed E-state index contributed by atoms with van der Waals surface area (Å²) in [5.41, 5.74) is 0.891. The minimum Gasteiger partial charge on any atom is -0.494 e. The summed E-state index contributed by atoms with van der Waals surface area (Å²) in [6, 6.07) is 5.92. The number of anilines is 1. The second kappa shape index (κ2) is 7.14. The van der Waals surface area contributed by atoms with Gasteiger partial charge in [0.15, 0.2) is 5.13 Å². The fourth-order valence-corrected chi connectivity index (χ4v) is 3.59. The van der Waals surface area contributed by atoms with Gasteiger partial charge in [0.05, 0.1) is 17.7 Å². The Morgan fingerprint density at radius 3 is 3.00 bits per heavy atom. The molecule has 0 saturated carbocycles. The van der Waals surface area contributed by atoms with Crippen LogP contribution in [0.4, 0.5) is 5.13 Å². The van der Waals surface area contributed by atoms with E-state index in [1.165, 1.54) is 0 Å². The first-order chi connectivity index (χ1) is 11.2. The minimum absolute atomic E-state index is 0.0476. The summed E-state index contributed by atoms with van der Waals surface area (Å²) in [5.74, 6) is 0.959. The number of ether oxygens (including phenoxy) is 2. The molecule has 7 heteroatoms. The summed E-state index contributed by atoms with van der Waals surface area (Å²) in [6.45, 7) is 2.78. The normalized spacial score (nSPS) is 14.8. The number of carbonyl (C=O) groups is 1. The molecule has 1 fully saturated rings. The molecule has 124 valence electrons. The van der Waals surface area contributed by atoms with E-state index in [2.05, 4.69) is 15.2 Å². The zero-order chi connectivity index (χ0) is 16.2. The summed E-state index contributed by atoms with van der Waals surface area (Å²) in [7, 11) is 3.32. The van der Waals surface area contributed by atoms with Crippen molar-refractivity contribution in [2.45, 2.75) is 6.42 Å². The topological polar surface area (TPSA) is 63.7 Å². The third-order valence-corrected chi connectivity index (χ3v) is 5.02. The van der Waals surface area contributed by atoms with Gasteiger partial charge >= 0.3 is 0 Å². The number of nitrogens with zero attached hydrogens (tertiary/aromatic N) is 2. The van der Waals surface area contributed by atoms with Gasteiger partial charge in [0.25, 0.3) is 0 Å². The van der Waals surface area contributed by atoms with E-state index in [-0.39, 0.29) is 11.8 Å². The first-order valence-electron chi connectivity index (χ1n) is 7.68. The Balaban J connectivity index is 1.56. The summed E-state index contributed by atoms with van der Waals surface area (Å²) >= 11 is 1.64. The Kier molecular flexibility index (Phi) is 4.97. The zero-order valence-corrected chi connectivity index (χ0v) is 14.2. The van der Waals surface area contributed by atoms with Crippen LogP contribution in [-0.4, -0.2) is 51.4 Å². The van der Waals surface area contributed by atoms with Gasteiger partial charge in [0.1, 0.15) is 11.3 Å². The third kappa shape index (κ3) is 3.40. The highest BCUT2D eigenvalue weighted by Crippen LogP contribution is 2.36. The van der Waals surface area contributed by atoms with Gasteiger partial charge in [-0.1, -0.05) is 17.4 Å². The lowest BCUT2D eigenvalue weighted by atomic mass is 10.00. The van der Waals surface area contributed by atoms with E-state index in [1.54, 1.807) is 25.6 Å². The van der Waals surface area contributed by atoms with Crippen molar-refractivity contribution in [3.05, 3.63) is 18.2 Å². The molecule has 0 aliphatic carbocycles. The fraction of sp³-hybridized carbons (Fsp3) is 0.500. The molecule has 1 aromatic carbocycles. The summed E-state index contributed by atoms with van der Waals surface area (Å²) in [6.07, 6.45) is 0.844. The van der Waals surface area contributed by atoms with E-state index in [1.807, 2.05) is 18.2 Å². The molecule has 1 amide bonds. The summed E-state index contributed by atoms with van der Waals surface area (Å²) < 4.78 is 11.4. The van der Waals surface area contributed by atoms with Crippen LogP contribution < -0.4 is 15.0 Å². The first kappa shape index (κ1) is 16.0. The molecule has 1 saturated heterocycles. The van der Waals surface area contributed by atoms with Gasteiger partial charge in [-0.25, -0.2) is 4.98 Å². The molecule has 0 radical (unpaired) electrons. The second-order valence-electron chi connectivity index (χ2n) is 5.54. The first-order valence-corrected chi connectivity index (χ1v) is 8.49. The lowest BCUT2D eigenvalue weighted by Gasteiger charge is -2.37. The number of methoxy groups -OCH3 is 2. The smallest absolute Gasteiger partial charge is 0.226 e. The van der Waals surface area contributed by atoms with Crippen molar-refractivity contribution in [2.75, 3.05) is 45.4 Å². The Morgan fingerprint density at radius 2 is 2.26 bits per heavy atom. The van der Waals surface area contributed by atoms with Gasteiger partial charge in [-0.3, -0.25) is 4.79 Å². The minimum atomic E-state index is 0.0476. The number of amides is 1. The molecule has 6 nitrogen and oxygen atoms in total. The number of benzene rings is 1. The Labute approximate surface area is 139 Å². The number of hydrogen-bond acceptors (Lipinski definition) is 6. The number of fused-ring (bicyclic) bond motifs is 1. The van der Waals surface area contributed by atoms with E-state index >= 15 is 0 Å². The monoisotopic (exact) mass is 335 g/mol. The summed E-state index contributed by atoms with van der Waals surface area (Å²) in [5, 5.41) is 3.91. The Bertz CT molecular complexity index is 682. The van der Waals surface area contributed by atoms with Crippen LogP contribution >= 0.6 is 11.3 Å².